The van der Waals surface area contributed by atoms with Crippen LogP contribution in [0.1, 0.15) is 47.1 Å². The Morgan fingerprint density at radius 1 is 1.27 bits per heavy atom. The normalized spacial score (nSPS) is 17.2. The molecule has 1 fully saturated rings. The van der Waals surface area contributed by atoms with Crippen LogP contribution in [0, 0.1) is 20.8 Å². The topological polar surface area (TPSA) is 63.2 Å². The van der Waals surface area contributed by atoms with Crippen molar-refractivity contribution >= 4 is 5.82 Å². The van der Waals surface area contributed by atoms with Crippen LogP contribution in [0.2, 0.25) is 0 Å². The van der Waals surface area contributed by atoms with E-state index in [0.29, 0.717) is 12.5 Å². The van der Waals surface area contributed by atoms with Crippen molar-refractivity contribution in [2.75, 3.05) is 32.1 Å². The Morgan fingerprint density at radius 3 is 2.77 bits per heavy atom. The monoisotopic (exact) mass is 355 g/mol. The molecule has 0 amide bonds. The predicted molar refractivity (Wildman–Crippen MR) is 104 cm³/mol. The molecule has 26 heavy (non-hydrogen) atoms. The van der Waals surface area contributed by atoms with Gasteiger partial charge in [-0.3, -0.25) is 4.98 Å². The summed E-state index contributed by atoms with van der Waals surface area (Å²) in [7, 11) is 3.76. The lowest BCUT2D eigenvalue weighted by atomic mass is 9.96. The van der Waals surface area contributed by atoms with Crippen LogP contribution in [0.25, 0.3) is 0 Å². The number of nitrogens with one attached hydrogen (secondary N) is 1. The van der Waals surface area contributed by atoms with E-state index in [1.807, 2.05) is 20.0 Å². The predicted octanol–water partition coefficient (Wildman–Crippen LogP) is 2.91. The minimum Gasteiger partial charge on any atom is -0.496 e. The molecule has 1 aliphatic rings. The molecule has 0 saturated carbocycles. The molecular weight excluding hydrogens is 326 g/mol. The van der Waals surface area contributed by atoms with Crippen molar-refractivity contribution in [3.8, 4) is 5.75 Å². The third-order valence-corrected chi connectivity index (χ3v) is 5.09. The van der Waals surface area contributed by atoms with Crippen molar-refractivity contribution in [1.82, 2.24) is 20.3 Å². The molecule has 2 aromatic heterocycles. The van der Waals surface area contributed by atoms with Gasteiger partial charge >= 0.3 is 0 Å². The second-order valence-electron chi connectivity index (χ2n) is 7.14. The van der Waals surface area contributed by atoms with Crippen LogP contribution in [-0.2, 0) is 6.54 Å². The van der Waals surface area contributed by atoms with Gasteiger partial charge in [0.05, 0.1) is 25.0 Å². The molecule has 1 aliphatic heterocycles. The molecule has 0 aliphatic carbocycles. The molecular formula is C20H29N5O. The molecule has 0 unspecified atom stereocenters. The molecule has 0 radical (unpaired) electrons. The Balaban J connectivity index is 1.84. The maximum absolute atomic E-state index is 5.53. The number of nitrogens with zero attached hydrogens (tertiary/aromatic N) is 4. The second-order valence-corrected chi connectivity index (χ2v) is 7.14. The van der Waals surface area contributed by atoms with E-state index >= 15 is 0 Å². The molecule has 0 spiro atoms. The number of hydrogen-bond acceptors (Lipinski definition) is 6. The minimum absolute atomic E-state index is 0.469. The number of pyridine rings is 1. The second kappa shape index (κ2) is 7.99. The number of rotatable bonds is 5. The van der Waals surface area contributed by atoms with Gasteiger partial charge in [-0.2, -0.15) is 0 Å². The molecule has 3 rings (SSSR count). The third-order valence-electron chi connectivity index (χ3n) is 5.09. The number of anilines is 1. The Bertz CT molecular complexity index is 771. The molecule has 2 aromatic rings. The van der Waals surface area contributed by atoms with Gasteiger partial charge in [0.25, 0.3) is 0 Å². The summed E-state index contributed by atoms with van der Waals surface area (Å²) in [5.41, 5.74) is 4.29. The van der Waals surface area contributed by atoms with Crippen LogP contribution in [-0.4, -0.2) is 42.2 Å². The standard InChI is InChI=1S/C20H29N5O/c1-13-10-22-18(14(2)20(13)26-5)12-25(4)19-9-17(23-15(3)24-19)16-7-6-8-21-11-16/h9-10,16,21H,6-8,11-12H2,1-5H3/t16-/m0/s1. The van der Waals surface area contributed by atoms with Crippen molar-refractivity contribution in [3.05, 3.63) is 40.6 Å². The summed E-state index contributed by atoms with van der Waals surface area (Å²) in [6, 6.07) is 2.13. The van der Waals surface area contributed by atoms with Crippen LogP contribution < -0.4 is 15.0 Å². The molecule has 6 heteroatoms. The van der Waals surface area contributed by atoms with E-state index in [9.17, 15) is 0 Å². The highest BCUT2D eigenvalue weighted by Gasteiger charge is 2.19. The molecule has 1 saturated heterocycles. The summed E-state index contributed by atoms with van der Waals surface area (Å²) in [6.07, 6.45) is 4.26. The van der Waals surface area contributed by atoms with Gasteiger partial charge in [0.15, 0.2) is 0 Å². The first-order chi connectivity index (χ1) is 12.5. The zero-order chi connectivity index (χ0) is 18.7. The number of methoxy groups -OCH3 is 1. The highest BCUT2D eigenvalue weighted by Crippen LogP contribution is 2.27. The lowest BCUT2D eigenvalue weighted by molar-refractivity contribution is 0.407. The summed E-state index contributed by atoms with van der Waals surface area (Å²) in [6.45, 7) is 8.83. The fraction of sp³-hybridized carbons (Fsp3) is 0.550. The maximum Gasteiger partial charge on any atom is 0.132 e. The van der Waals surface area contributed by atoms with E-state index in [4.69, 9.17) is 9.72 Å². The molecule has 6 nitrogen and oxygen atoms in total. The molecule has 0 bridgehead atoms. The van der Waals surface area contributed by atoms with E-state index in [1.54, 1.807) is 7.11 Å². The number of aryl methyl sites for hydroxylation is 2. The van der Waals surface area contributed by atoms with Gasteiger partial charge in [-0.15, -0.1) is 0 Å². The van der Waals surface area contributed by atoms with E-state index < -0.39 is 0 Å². The summed E-state index contributed by atoms with van der Waals surface area (Å²) >= 11 is 0. The molecule has 0 aromatic carbocycles. The van der Waals surface area contributed by atoms with Gasteiger partial charge in [-0.1, -0.05) is 0 Å². The van der Waals surface area contributed by atoms with Crippen LogP contribution in [0.15, 0.2) is 12.3 Å². The summed E-state index contributed by atoms with van der Waals surface area (Å²) in [4.78, 5) is 16.1. The fourth-order valence-corrected chi connectivity index (χ4v) is 3.62. The first-order valence-electron chi connectivity index (χ1n) is 9.26. The highest BCUT2D eigenvalue weighted by atomic mass is 16.5. The van der Waals surface area contributed by atoms with E-state index in [-0.39, 0.29) is 0 Å². The van der Waals surface area contributed by atoms with Crippen molar-refractivity contribution in [2.45, 2.75) is 46.1 Å². The Hall–Kier alpha value is -2.21. The van der Waals surface area contributed by atoms with Crippen LogP contribution in [0.5, 0.6) is 5.75 Å². The van der Waals surface area contributed by atoms with Gasteiger partial charge in [0.2, 0.25) is 0 Å². The molecule has 1 atom stereocenters. The number of piperidine rings is 1. The van der Waals surface area contributed by atoms with Crippen LogP contribution in [0.4, 0.5) is 5.82 Å². The first kappa shape index (κ1) is 18.6. The van der Waals surface area contributed by atoms with Crippen molar-refractivity contribution < 1.29 is 4.74 Å². The van der Waals surface area contributed by atoms with Crippen LogP contribution >= 0.6 is 0 Å². The molecule has 3 heterocycles. The SMILES string of the molecule is COc1c(C)cnc(CN(C)c2cc([C@H]3CCCNC3)nc(C)n2)c1C. The van der Waals surface area contributed by atoms with Crippen molar-refractivity contribution in [2.24, 2.45) is 0 Å². The average Bonchev–Trinajstić information content (AvgIpc) is 2.64. The van der Waals surface area contributed by atoms with Gasteiger partial charge in [0, 0.05) is 42.9 Å². The summed E-state index contributed by atoms with van der Waals surface area (Å²) in [5.74, 6) is 3.15. The van der Waals surface area contributed by atoms with Crippen LogP contribution in [0.3, 0.4) is 0 Å². The average molecular weight is 355 g/mol. The Labute approximate surface area is 156 Å². The lowest BCUT2D eigenvalue weighted by Gasteiger charge is -2.25. The smallest absolute Gasteiger partial charge is 0.132 e. The first-order valence-corrected chi connectivity index (χ1v) is 9.26. The lowest BCUT2D eigenvalue weighted by Crippen LogP contribution is -2.29. The zero-order valence-corrected chi connectivity index (χ0v) is 16.5. The highest BCUT2D eigenvalue weighted by molar-refractivity contribution is 5.45. The fourth-order valence-electron chi connectivity index (χ4n) is 3.62. The van der Waals surface area contributed by atoms with Crippen molar-refractivity contribution in [3.63, 3.8) is 0 Å². The van der Waals surface area contributed by atoms with Gasteiger partial charge < -0.3 is 15.0 Å². The quantitative estimate of drug-likeness (QED) is 0.890. The minimum atomic E-state index is 0.469. The maximum atomic E-state index is 5.53. The van der Waals surface area contributed by atoms with E-state index in [1.165, 1.54) is 12.8 Å². The number of hydrogen-bond donors (Lipinski definition) is 1. The van der Waals surface area contributed by atoms with E-state index in [0.717, 1.165) is 53.0 Å². The van der Waals surface area contributed by atoms with Gasteiger partial charge in [0.1, 0.15) is 17.4 Å². The summed E-state index contributed by atoms with van der Waals surface area (Å²) in [5, 5.41) is 3.47. The Kier molecular flexibility index (Phi) is 5.71. The van der Waals surface area contributed by atoms with E-state index in [2.05, 4.69) is 40.2 Å². The molecule has 140 valence electrons. The zero-order valence-electron chi connectivity index (χ0n) is 16.5. The Morgan fingerprint density at radius 2 is 2.08 bits per heavy atom. The van der Waals surface area contributed by atoms with Gasteiger partial charge in [-0.05, 0) is 40.2 Å². The molecule has 1 N–H and O–H groups in total. The van der Waals surface area contributed by atoms with Crippen molar-refractivity contribution in [1.29, 1.82) is 0 Å². The largest absolute Gasteiger partial charge is 0.496 e. The third kappa shape index (κ3) is 3.96. The number of ether oxygens (including phenoxy) is 1. The summed E-state index contributed by atoms with van der Waals surface area (Å²) < 4.78 is 5.53. The van der Waals surface area contributed by atoms with Gasteiger partial charge in [-0.25, -0.2) is 9.97 Å². The number of aromatic nitrogens is 3.